The van der Waals surface area contributed by atoms with Crippen LogP contribution in [-0.2, 0) is 0 Å². The van der Waals surface area contributed by atoms with E-state index in [0.717, 1.165) is 37.4 Å². The van der Waals surface area contributed by atoms with Crippen LogP contribution in [0.2, 0.25) is 0 Å². The molecule has 0 spiro atoms. The Labute approximate surface area is 103 Å². The van der Waals surface area contributed by atoms with Gasteiger partial charge in [0.15, 0.2) is 0 Å². The number of aliphatic hydroxyl groups excluding tert-OH is 1. The Morgan fingerprint density at radius 3 is 2.82 bits per heavy atom. The maximum atomic E-state index is 10.1. The molecule has 1 aromatic rings. The van der Waals surface area contributed by atoms with Gasteiger partial charge in [-0.25, -0.2) is 0 Å². The monoisotopic (exact) mass is 231 g/mol. The average Bonchev–Trinajstić information content (AvgIpc) is 3.17. The normalized spacial score (nSPS) is 24.3. The minimum atomic E-state index is -0.267. The molecule has 0 saturated heterocycles. The summed E-state index contributed by atoms with van der Waals surface area (Å²) in [4.78, 5) is 2.48. The third kappa shape index (κ3) is 2.47. The Bertz CT molecular complexity index is 386. The largest absolute Gasteiger partial charge is 0.388 e. The molecule has 1 aliphatic carbocycles. The molecule has 1 saturated carbocycles. The van der Waals surface area contributed by atoms with E-state index in [4.69, 9.17) is 0 Å². The van der Waals surface area contributed by atoms with Crippen LogP contribution >= 0.6 is 0 Å². The van der Waals surface area contributed by atoms with Crippen LogP contribution in [0.25, 0.3) is 0 Å². The Morgan fingerprint density at radius 1 is 1.18 bits per heavy atom. The van der Waals surface area contributed by atoms with E-state index in [9.17, 15) is 5.11 Å². The van der Waals surface area contributed by atoms with E-state index in [-0.39, 0.29) is 6.10 Å². The van der Waals surface area contributed by atoms with Gasteiger partial charge in [0.25, 0.3) is 0 Å². The Balaban J connectivity index is 1.80. The van der Waals surface area contributed by atoms with Crippen molar-refractivity contribution in [1.29, 1.82) is 0 Å². The molecule has 1 aromatic carbocycles. The van der Waals surface area contributed by atoms with E-state index in [1.54, 1.807) is 0 Å². The van der Waals surface area contributed by atoms with Gasteiger partial charge in [0.2, 0.25) is 0 Å². The number of hydrogen-bond acceptors (Lipinski definition) is 2. The summed E-state index contributed by atoms with van der Waals surface area (Å²) in [6.07, 6.45) is 5.91. The molecule has 2 nitrogen and oxygen atoms in total. The highest BCUT2D eigenvalue weighted by molar-refractivity contribution is 5.55. The van der Waals surface area contributed by atoms with Crippen molar-refractivity contribution in [3.63, 3.8) is 0 Å². The first-order valence-corrected chi connectivity index (χ1v) is 6.86. The second-order valence-corrected chi connectivity index (χ2v) is 5.44. The molecule has 1 unspecified atom stereocenters. The summed E-state index contributed by atoms with van der Waals surface area (Å²) in [6.45, 7) is 2.26. The standard InChI is InChI=1S/C15H21NO/c17-15-6-3-10-16(11-9-12-7-8-12)14-5-2-1-4-13(14)15/h1-2,4-5,12,15,17H,3,6-11H2. The molecule has 0 bridgehead atoms. The van der Waals surface area contributed by atoms with Crippen LogP contribution in [0.5, 0.6) is 0 Å². The molecule has 1 aliphatic heterocycles. The number of para-hydroxylation sites is 1. The van der Waals surface area contributed by atoms with Gasteiger partial charge < -0.3 is 10.0 Å². The van der Waals surface area contributed by atoms with Crippen molar-refractivity contribution in [3.05, 3.63) is 29.8 Å². The van der Waals surface area contributed by atoms with Crippen LogP contribution in [-0.4, -0.2) is 18.2 Å². The van der Waals surface area contributed by atoms with Crippen LogP contribution in [0, 0.1) is 5.92 Å². The fraction of sp³-hybridized carbons (Fsp3) is 0.600. The van der Waals surface area contributed by atoms with E-state index in [1.807, 2.05) is 6.07 Å². The summed E-state index contributed by atoms with van der Waals surface area (Å²) in [5, 5.41) is 10.1. The van der Waals surface area contributed by atoms with Gasteiger partial charge in [-0.15, -0.1) is 0 Å². The first-order chi connectivity index (χ1) is 8.34. The predicted molar refractivity (Wildman–Crippen MR) is 70.2 cm³/mol. The summed E-state index contributed by atoms with van der Waals surface area (Å²) >= 11 is 0. The van der Waals surface area contributed by atoms with Crippen molar-refractivity contribution in [1.82, 2.24) is 0 Å². The first-order valence-electron chi connectivity index (χ1n) is 6.86. The van der Waals surface area contributed by atoms with Crippen LogP contribution < -0.4 is 4.90 Å². The minimum Gasteiger partial charge on any atom is -0.388 e. The summed E-state index contributed by atoms with van der Waals surface area (Å²) in [6, 6.07) is 8.36. The molecule has 3 rings (SSSR count). The lowest BCUT2D eigenvalue weighted by Crippen LogP contribution is -2.25. The van der Waals surface area contributed by atoms with Gasteiger partial charge in [0.1, 0.15) is 0 Å². The maximum absolute atomic E-state index is 10.1. The molecule has 1 N–H and O–H groups in total. The van der Waals surface area contributed by atoms with E-state index in [2.05, 4.69) is 23.1 Å². The molecule has 17 heavy (non-hydrogen) atoms. The first kappa shape index (κ1) is 11.1. The Morgan fingerprint density at radius 2 is 2.00 bits per heavy atom. The van der Waals surface area contributed by atoms with E-state index in [1.165, 1.54) is 24.9 Å². The highest BCUT2D eigenvalue weighted by Gasteiger charge is 2.24. The zero-order chi connectivity index (χ0) is 11.7. The minimum absolute atomic E-state index is 0.267. The summed E-state index contributed by atoms with van der Waals surface area (Å²) in [5.41, 5.74) is 2.39. The van der Waals surface area contributed by atoms with E-state index in [0.29, 0.717) is 0 Å². The number of hydrogen-bond donors (Lipinski definition) is 1. The van der Waals surface area contributed by atoms with Crippen molar-refractivity contribution in [2.24, 2.45) is 5.92 Å². The molecule has 2 heteroatoms. The second-order valence-electron chi connectivity index (χ2n) is 5.44. The second kappa shape index (κ2) is 4.69. The quantitative estimate of drug-likeness (QED) is 0.864. The van der Waals surface area contributed by atoms with Gasteiger partial charge >= 0.3 is 0 Å². The SMILES string of the molecule is OC1CCCN(CCC2CC2)c2ccccc21. The lowest BCUT2D eigenvalue weighted by molar-refractivity contribution is 0.168. The lowest BCUT2D eigenvalue weighted by atomic mass is 10.0. The topological polar surface area (TPSA) is 23.5 Å². The molecular formula is C15H21NO. The summed E-state index contributed by atoms with van der Waals surface area (Å²) in [5.74, 6) is 0.982. The van der Waals surface area contributed by atoms with Crippen molar-refractivity contribution < 1.29 is 5.11 Å². The van der Waals surface area contributed by atoms with Gasteiger partial charge in [-0.1, -0.05) is 31.0 Å². The number of nitrogens with zero attached hydrogens (tertiary/aromatic N) is 1. The smallest absolute Gasteiger partial charge is 0.0810 e. The molecule has 0 radical (unpaired) electrons. The fourth-order valence-corrected chi connectivity index (χ4v) is 2.79. The zero-order valence-electron chi connectivity index (χ0n) is 10.3. The predicted octanol–water partition coefficient (Wildman–Crippen LogP) is 3.12. The van der Waals surface area contributed by atoms with Crippen LogP contribution in [0.15, 0.2) is 24.3 Å². The Hall–Kier alpha value is -1.02. The van der Waals surface area contributed by atoms with Crippen molar-refractivity contribution in [2.45, 2.75) is 38.2 Å². The van der Waals surface area contributed by atoms with Gasteiger partial charge in [0, 0.05) is 24.3 Å². The number of rotatable bonds is 3. The van der Waals surface area contributed by atoms with E-state index >= 15 is 0 Å². The number of aliphatic hydroxyl groups is 1. The molecule has 2 aliphatic rings. The average molecular weight is 231 g/mol. The summed E-state index contributed by atoms with van der Waals surface area (Å²) < 4.78 is 0. The molecule has 0 aromatic heterocycles. The third-order valence-electron chi connectivity index (χ3n) is 4.05. The van der Waals surface area contributed by atoms with Crippen LogP contribution in [0.4, 0.5) is 5.69 Å². The Kier molecular flexibility index (Phi) is 3.06. The highest BCUT2D eigenvalue weighted by atomic mass is 16.3. The zero-order valence-corrected chi connectivity index (χ0v) is 10.3. The molecule has 1 fully saturated rings. The van der Waals surface area contributed by atoms with Crippen LogP contribution in [0.3, 0.4) is 0 Å². The molecule has 0 amide bonds. The molecule has 1 atom stereocenters. The molecule has 92 valence electrons. The third-order valence-corrected chi connectivity index (χ3v) is 4.05. The highest BCUT2D eigenvalue weighted by Crippen LogP contribution is 2.36. The van der Waals surface area contributed by atoms with Crippen LogP contribution in [0.1, 0.15) is 43.8 Å². The van der Waals surface area contributed by atoms with Crippen molar-refractivity contribution >= 4 is 5.69 Å². The summed E-state index contributed by atoms with van der Waals surface area (Å²) in [7, 11) is 0. The number of fused-ring (bicyclic) bond motifs is 1. The fourth-order valence-electron chi connectivity index (χ4n) is 2.79. The van der Waals surface area contributed by atoms with Crippen molar-refractivity contribution in [3.8, 4) is 0 Å². The number of anilines is 1. The number of benzene rings is 1. The maximum Gasteiger partial charge on any atom is 0.0810 e. The molecule has 1 heterocycles. The van der Waals surface area contributed by atoms with Gasteiger partial charge in [-0.05, 0) is 31.2 Å². The van der Waals surface area contributed by atoms with E-state index < -0.39 is 0 Å². The lowest BCUT2D eigenvalue weighted by Gasteiger charge is -2.25. The van der Waals surface area contributed by atoms with Crippen molar-refractivity contribution in [2.75, 3.05) is 18.0 Å². The van der Waals surface area contributed by atoms with Gasteiger partial charge in [-0.2, -0.15) is 0 Å². The van der Waals surface area contributed by atoms with Gasteiger partial charge in [-0.3, -0.25) is 0 Å². The molecular weight excluding hydrogens is 210 g/mol. The van der Waals surface area contributed by atoms with Gasteiger partial charge in [0.05, 0.1) is 6.10 Å².